The highest BCUT2D eigenvalue weighted by molar-refractivity contribution is 5.98. The highest BCUT2D eigenvalue weighted by Gasteiger charge is 2.41. The third-order valence-electron chi connectivity index (χ3n) is 6.38. The molecule has 2 aliphatic rings. The molecular weight excluding hydrogens is 372 g/mol. The number of piperidine rings is 1. The lowest BCUT2D eigenvalue weighted by molar-refractivity contribution is -0.0872. The molecule has 2 aliphatic heterocycles. The first-order chi connectivity index (χ1) is 14.8. The van der Waals surface area contributed by atoms with Crippen molar-refractivity contribution >= 4 is 5.78 Å². The summed E-state index contributed by atoms with van der Waals surface area (Å²) in [6.07, 6.45) is 3.52. The second kappa shape index (κ2) is 8.50. The van der Waals surface area contributed by atoms with Crippen LogP contribution in [0, 0.1) is 5.92 Å². The molecule has 152 valence electrons. The Balaban J connectivity index is 1.29. The zero-order valence-corrected chi connectivity index (χ0v) is 17.0. The number of pyridine rings is 1. The van der Waals surface area contributed by atoms with E-state index in [0.29, 0.717) is 25.3 Å². The first kappa shape index (κ1) is 19.2. The summed E-state index contributed by atoms with van der Waals surface area (Å²) in [5.74, 6) is 0.329. The molecule has 4 nitrogen and oxygen atoms in total. The first-order valence-corrected chi connectivity index (χ1v) is 10.7. The topological polar surface area (TPSA) is 42.4 Å². The molecule has 1 aromatic heterocycles. The Bertz CT molecular complexity index is 975. The van der Waals surface area contributed by atoms with Gasteiger partial charge in [0.05, 0.1) is 18.9 Å². The number of hydrogen-bond donors (Lipinski definition) is 0. The Morgan fingerprint density at radius 3 is 2.27 bits per heavy atom. The summed E-state index contributed by atoms with van der Waals surface area (Å²) in [5.41, 5.74) is 4.09. The SMILES string of the molecule is O=C(c1ccc(-c2ccccn2)cc1)C1CC2COCC(C1)N2Cc1ccccc1. The lowest BCUT2D eigenvalue weighted by Gasteiger charge is -2.48. The molecule has 2 unspecified atom stereocenters. The standard InChI is InChI=1S/C26H26N2O2/c29-26(21-11-9-20(10-12-21)25-8-4-5-13-27-25)22-14-23-17-30-18-24(15-22)28(23)16-19-6-2-1-3-7-19/h1-13,22-24H,14-18H2. The molecule has 30 heavy (non-hydrogen) atoms. The fourth-order valence-electron chi connectivity index (χ4n) is 4.83. The van der Waals surface area contributed by atoms with Gasteiger partial charge in [-0.2, -0.15) is 0 Å². The van der Waals surface area contributed by atoms with E-state index in [2.05, 4.69) is 40.2 Å². The molecule has 2 saturated heterocycles. The maximum absolute atomic E-state index is 13.3. The van der Waals surface area contributed by atoms with Crippen molar-refractivity contribution in [2.45, 2.75) is 31.5 Å². The van der Waals surface area contributed by atoms with Crippen LogP contribution in [0.4, 0.5) is 0 Å². The molecule has 0 saturated carbocycles. The van der Waals surface area contributed by atoms with Gasteiger partial charge in [-0.25, -0.2) is 0 Å². The average Bonchev–Trinajstić information content (AvgIpc) is 2.80. The van der Waals surface area contributed by atoms with Gasteiger partial charge in [0.25, 0.3) is 0 Å². The van der Waals surface area contributed by atoms with Crippen LogP contribution in [0.15, 0.2) is 79.0 Å². The van der Waals surface area contributed by atoms with Crippen molar-refractivity contribution in [1.29, 1.82) is 0 Å². The van der Waals surface area contributed by atoms with E-state index in [1.54, 1.807) is 6.20 Å². The van der Waals surface area contributed by atoms with Gasteiger partial charge in [-0.1, -0.05) is 60.7 Å². The number of rotatable bonds is 5. The van der Waals surface area contributed by atoms with Crippen LogP contribution < -0.4 is 0 Å². The zero-order valence-electron chi connectivity index (χ0n) is 17.0. The second-order valence-electron chi connectivity index (χ2n) is 8.33. The highest BCUT2D eigenvalue weighted by Crippen LogP contribution is 2.34. The van der Waals surface area contributed by atoms with E-state index in [0.717, 1.165) is 36.2 Å². The Morgan fingerprint density at radius 1 is 0.900 bits per heavy atom. The molecule has 0 N–H and O–H groups in total. The molecule has 0 aliphatic carbocycles. The molecule has 0 spiro atoms. The van der Waals surface area contributed by atoms with Gasteiger partial charge in [-0.15, -0.1) is 0 Å². The molecule has 4 heteroatoms. The minimum atomic E-state index is 0.0663. The third-order valence-corrected chi connectivity index (χ3v) is 6.38. The van der Waals surface area contributed by atoms with Crippen LogP contribution in [-0.4, -0.2) is 41.0 Å². The monoisotopic (exact) mass is 398 g/mol. The number of aromatic nitrogens is 1. The summed E-state index contributed by atoms with van der Waals surface area (Å²) in [7, 11) is 0. The molecule has 2 aromatic carbocycles. The van der Waals surface area contributed by atoms with Crippen LogP contribution in [0.2, 0.25) is 0 Å². The van der Waals surface area contributed by atoms with Gasteiger partial charge >= 0.3 is 0 Å². The minimum Gasteiger partial charge on any atom is -0.378 e. The lowest BCUT2D eigenvalue weighted by Crippen LogP contribution is -2.57. The third kappa shape index (κ3) is 3.93. The van der Waals surface area contributed by atoms with Crippen molar-refractivity contribution in [1.82, 2.24) is 9.88 Å². The summed E-state index contributed by atoms with van der Waals surface area (Å²) in [4.78, 5) is 20.2. The van der Waals surface area contributed by atoms with E-state index in [-0.39, 0.29) is 11.7 Å². The Hall–Kier alpha value is -2.82. The van der Waals surface area contributed by atoms with Gasteiger partial charge in [-0.05, 0) is 30.5 Å². The van der Waals surface area contributed by atoms with Crippen LogP contribution in [0.25, 0.3) is 11.3 Å². The van der Waals surface area contributed by atoms with E-state index in [9.17, 15) is 4.79 Å². The zero-order chi connectivity index (χ0) is 20.3. The maximum Gasteiger partial charge on any atom is 0.166 e. The van der Waals surface area contributed by atoms with E-state index in [4.69, 9.17) is 4.74 Å². The molecule has 3 heterocycles. The number of ketones is 1. The van der Waals surface area contributed by atoms with Crippen molar-refractivity contribution in [3.05, 3.63) is 90.1 Å². The van der Waals surface area contributed by atoms with Crippen LogP contribution >= 0.6 is 0 Å². The van der Waals surface area contributed by atoms with Crippen molar-refractivity contribution < 1.29 is 9.53 Å². The summed E-state index contributed by atoms with van der Waals surface area (Å²) < 4.78 is 5.84. The molecule has 0 radical (unpaired) electrons. The number of ether oxygens (including phenoxy) is 1. The number of Topliss-reactive ketones (excluding diaryl/α,β-unsaturated/α-hetero) is 1. The number of benzene rings is 2. The number of fused-ring (bicyclic) bond motifs is 2. The van der Waals surface area contributed by atoms with Crippen LogP contribution in [0.1, 0.15) is 28.8 Å². The minimum absolute atomic E-state index is 0.0663. The van der Waals surface area contributed by atoms with E-state index in [1.165, 1.54) is 5.56 Å². The van der Waals surface area contributed by atoms with E-state index >= 15 is 0 Å². The quantitative estimate of drug-likeness (QED) is 0.589. The first-order valence-electron chi connectivity index (χ1n) is 10.7. The Morgan fingerprint density at radius 2 is 1.60 bits per heavy atom. The molecule has 3 aromatic rings. The molecule has 0 amide bonds. The molecule has 2 fully saturated rings. The largest absolute Gasteiger partial charge is 0.378 e. The Labute approximate surface area is 177 Å². The highest BCUT2D eigenvalue weighted by atomic mass is 16.5. The van der Waals surface area contributed by atoms with Crippen molar-refractivity contribution in [2.24, 2.45) is 5.92 Å². The molecule has 2 bridgehead atoms. The average molecular weight is 399 g/mol. The van der Waals surface area contributed by atoms with Gasteiger partial charge in [-0.3, -0.25) is 14.7 Å². The smallest absolute Gasteiger partial charge is 0.166 e. The fourth-order valence-corrected chi connectivity index (χ4v) is 4.83. The molecule has 5 rings (SSSR count). The lowest BCUT2D eigenvalue weighted by atomic mass is 9.80. The number of hydrogen-bond acceptors (Lipinski definition) is 4. The van der Waals surface area contributed by atoms with Gasteiger partial charge in [0.15, 0.2) is 5.78 Å². The van der Waals surface area contributed by atoms with Crippen molar-refractivity contribution in [2.75, 3.05) is 13.2 Å². The Kier molecular flexibility index (Phi) is 5.43. The summed E-state index contributed by atoms with van der Waals surface area (Å²) in [6, 6.07) is 25.0. The second-order valence-corrected chi connectivity index (χ2v) is 8.33. The normalized spacial score (nSPS) is 23.8. The van der Waals surface area contributed by atoms with Gasteiger partial charge in [0.2, 0.25) is 0 Å². The van der Waals surface area contributed by atoms with Crippen LogP contribution in [-0.2, 0) is 11.3 Å². The fraction of sp³-hybridized carbons (Fsp3) is 0.308. The van der Waals surface area contributed by atoms with Crippen LogP contribution in [0.5, 0.6) is 0 Å². The van der Waals surface area contributed by atoms with Crippen molar-refractivity contribution in [3.63, 3.8) is 0 Å². The van der Waals surface area contributed by atoms with Crippen molar-refractivity contribution in [3.8, 4) is 11.3 Å². The predicted molar refractivity (Wildman–Crippen MR) is 117 cm³/mol. The van der Waals surface area contributed by atoms with Gasteiger partial charge in [0, 0.05) is 41.9 Å². The maximum atomic E-state index is 13.3. The van der Waals surface area contributed by atoms with Crippen LogP contribution in [0.3, 0.4) is 0 Å². The summed E-state index contributed by atoms with van der Waals surface area (Å²) >= 11 is 0. The van der Waals surface area contributed by atoms with E-state index < -0.39 is 0 Å². The predicted octanol–water partition coefficient (Wildman–Crippen LogP) is 4.61. The molecule has 2 atom stereocenters. The summed E-state index contributed by atoms with van der Waals surface area (Å²) in [6.45, 7) is 2.36. The van der Waals surface area contributed by atoms with Gasteiger partial charge in [0.1, 0.15) is 0 Å². The molecular formula is C26H26N2O2. The number of nitrogens with zero attached hydrogens (tertiary/aromatic N) is 2. The number of carbonyl (C=O) groups excluding carboxylic acids is 1. The summed E-state index contributed by atoms with van der Waals surface area (Å²) in [5, 5.41) is 0. The van der Waals surface area contributed by atoms with Gasteiger partial charge < -0.3 is 4.74 Å². The van der Waals surface area contributed by atoms with E-state index in [1.807, 2.05) is 42.5 Å². The number of morpholine rings is 1. The number of carbonyl (C=O) groups is 1.